The first kappa shape index (κ1) is 16.5. The summed E-state index contributed by atoms with van der Waals surface area (Å²) in [6.07, 6.45) is 1.78. The first-order valence-electron chi connectivity index (χ1n) is 7.37. The third-order valence-corrected chi connectivity index (χ3v) is 3.33. The average molecular weight is 278 g/mol. The largest absolute Gasteiger partial charge is 0.465 e. The van der Waals surface area contributed by atoms with Crippen LogP contribution < -0.4 is 5.73 Å². The molecule has 0 fully saturated rings. The quantitative estimate of drug-likeness (QED) is 0.587. The highest BCUT2D eigenvalue weighted by Gasteiger charge is 2.25. The van der Waals surface area contributed by atoms with Gasteiger partial charge in [-0.1, -0.05) is 32.4 Å². The summed E-state index contributed by atoms with van der Waals surface area (Å²) >= 11 is 0. The van der Waals surface area contributed by atoms with Gasteiger partial charge in [0.2, 0.25) is 0 Å². The molecular formula is C16H26N2O2. The molecule has 0 saturated carbocycles. The van der Waals surface area contributed by atoms with E-state index in [-0.39, 0.29) is 12.0 Å². The molecule has 0 aliphatic rings. The van der Waals surface area contributed by atoms with Crippen LogP contribution in [0.5, 0.6) is 0 Å². The Morgan fingerprint density at radius 1 is 1.25 bits per heavy atom. The number of anilines is 1. The topological polar surface area (TPSA) is 55.6 Å². The molecule has 0 aromatic heterocycles. The number of ether oxygens (including phenoxy) is 1. The summed E-state index contributed by atoms with van der Waals surface area (Å²) in [5, 5.41) is 0. The van der Waals surface area contributed by atoms with Gasteiger partial charge in [0.25, 0.3) is 0 Å². The molecule has 0 radical (unpaired) electrons. The maximum Gasteiger partial charge on any atom is 0.323 e. The molecule has 1 aromatic rings. The van der Waals surface area contributed by atoms with E-state index >= 15 is 0 Å². The molecule has 1 atom stereocenters. The number of likely N-dealkylation sites (N-methyl/N-ethyl adjacent to an activating group) is 1. The maximum atomic E-state index is 12.1. The number of nitrogens with two attached hydrogens (primary N) is 1. The normalized spacial score (nSPS) is 12.4. The molecule has 2 N–H and O–H groups in total. The van der Waals surface area contributed by atoms with Crippen molar-refractivity contribution in [3.8, 4) is 0 Å². The number of carbonyl (C=O) groups is 1. The van der Waals surface area contributed by atoms with E-state index < -0.39 is 0 Å². The number of benzene rings is 1. The molecule has 4 heteroatoms. The lowest BCUT2D eigenvalue weighted by Gasteiger charge is -2.29. The maximum absolute atomic E-state index is 12.1. The van der Waals surface area contributed by atoms with Gasteiger partial charge in [-0.3, -0.25) is 9.69 Å². The Hall–Kier alpha value is -1.55. The van der Waals surface area contributed by atoms with Crippen LogP contribution >= 0.6 is 0 Å². The first-order valence-corrected chi connectivity index (χ1v) is 7.37. The SMILES string of the molecule is CCCC(C(=O)OCC)N(CC)Cc1ccc(N)cc1. The van der Waals surface area contributed by atoms with Crippen molar-refractivity contribution in [2.45, 2.75) is 46.2 Å². The van der Waals surface area contributed by atoms with Crippen molar-refractivity contribution in [1.82, 2.24) is 4.90 Å². The van der Waals surface area contributed by atoms with Crippen LogP contribution in [0.25, 0.3) is 0 Å². The van der Waals surface area contributed by atoms with Gasteiger partial charge in [0.15, 0.2) is 0 Å². The van der Waals surface area contributed by atoms with Crippen LogP contribution in [0.15, 0.2) is 24.3 Å². The van der Waals surface area contributed by atoms with Gasteiger partial charge in [0, 0.05) is 12.2 Å². The minimum absolute atomic E-state index is 0.119. The van der Waals surface area contributed by atoms with E-state index in [4.69, 9.17) is 10.5 Å². The monoisotopic (exact) mass is 278 g/mol. The van der Waals surface area contributed by atoms with Crippen LogP contribution in [-0.2, 0) is 16.1 Å². The van der Waals surface area contributed by atoms with Crippen LogP contribution in [0.1, 0.15) is 39.2 Å². The minimum Gasteiger partial charge on any atom is -0.465 e. The van der Waals surface area contributed by atoms with Crippen LogP contribution in [-0.4, -0.2) is 30.1 Å². The van der Waals surface area contributed by atoms with E-state index in [1.807, 2.05) is 31.2 Å². The summed E-state index contributed by atoms with van der Waals surface area (Å²) in [5.74, 6) is -0.119. The zero-order valence-electron chi connectivity index (χ0n) is 12.8. The molecule has 112 valence electrons. The number of nitrogens with zero attached hydrogens (tertiary/aromatic N) is 1. The number of hydrogen-bond acceptors (Lipinski definition) is 4. The highest BCUT2D eigenvalue weighted by molar-refractivity contribution is 5.75. The molecule has 0 aliphatic heterocycles. The van der Waals surface area contributed by atoms with Gasteiger partial charge >= 0.3 is 5.97 Å². The number of carbonyl (C=O) groups excluding carboxylic acids is 1. The molecule has 1 rings (SSSR count). The van der Waals surface area contributed by atoms with E-state index in [0.717, 1.165) is 37.2 Å². The van der Waals surface area contributed by atoms with Gasteiger partial charge in [-0.15, -0.1) is 0 Å². The van der Waals surface area contributed by atoms with Crippen molar-refractivity contribution >= 4 is 11.7 Å². The van der Waals surface area contributed by atoms with Gasteiger partial charge in [-0.2, -0.15) is 0 Å². The second-order valence-electron chi connectivity index (χ2n) is 4.86. The lowest BCUT2D eigenvalue weighted by molar-refractivity contribution is -0.150. The smallest absolute Gasteiger partial charge is 0.323 e. The van der Waals surface area contributed by atoms with Crippen molar-refractivity contribution in [3.63, 3.8) is 0 Å². The summed E-state index contributed by atoms with van der Waals surface area (Å²) in [6.45, 7) is 7.98. The summed E-state index contributed by atoms with van der Waals surface area (Å²) in [6, 6.07) is 7.63. The molecule has 0 bridgehead atoms. The number of nitrogen functional groups attached to an aromatic ring is 1. The Morgan fingerprint density at radius 2 is 1.90 bits per heavy atom. The second-order valence-corrected chi connectivity index (χ2v) is 4.86. The van der Waals surface area contributed by atoms with E-state index in [1.54, 1.807) is 0 Å². The summed E-state index contributed by atoms with van der Waals surface area (Å²) in [4.78, 5) is 14.3. The fraction of sp³-hybridized carbons (Fsp3) is 0.562. The molecular weight excluding hydrogens is 252 g/mol. The summed E-state index contributed by atoms with van der Waals surface area (Å²) in [7, 11) is 0. The molecule has 1 unspecified atom stereocenters. The predicted octanol–water partition coefficient (Wildman–Crippen LogP) is 2.82. The third kappa shape index (κ3) is 4.85. The summed E-state index contributed by atoms with van der Waals surface area (Å²) in [5.41, 5.74) is 7.61. The highest BCUT2D eigenvalue weighted by Crippen LogP contribution is 2.15. The standard InChI is InChI=1S/C16H26N2O2/c1-4-7-15(16(19)20-6-3)18(5-2)12-13-8-10-14(17)11-9-13/h8-11,15H,4-7,12,17H2,1-3H3. The van der Waals surface area contributed by atoms with Gasteiger partial charge < -0.3 is 10.5 Å². The minimum atomic E-state index is -0.164. The number of hydrogen-bond donors (Lipinski definition) is 1. The van der Waals surface area contributed by atoms with Crippen LogP contribution in [0.3, 0.4) is 0 Å². The lowest BCUT2D eigenvalue weighted by Crippen LogP contribution is -2.41. The highest BCUT2D eigenvalue weighted by atomic mass is 16.5. The van der Waals surface area contributed by atoms with Crippen molar-refractivity contribution < 1.29 is 9.53 Å². The fourth-order valence-electron chi connectivity index (χ4n) is 2.26. The molecule has 0 saturated heterocycles. The lowest BCUT2D eigenvalue weighted by atomic mass is 10.1. The van der Waals surface area contributed by atoms with Crippen LogP contribution in [0.2, 0.25) is 0 Å². The Morgan fingerprint density at radius 3 is 2.40 bits per heavy atom. The van der Waals surface area contributed by atoms with Crippen molar-refractivity contribution in [2.75, 3.05) is 18.9 Å². The zero-order valence-corrected chi connectivity index (χ0v) is 12.8. The Balaban J connectivity index is 2.78. The van der Waals surface area contributed by atoms with E-state index in [2.05, 4.69) is 18.7 Å². The van der Waals surface area contributed by atoms with Gasteiger partial charge in [-0.25, -0.2) is 0 Å². The predicted molar refractivity (Wildman–Crippen MR) is 82.3 cm³/mol. The Kier molecular flexibility index (Phi) is 7.09. The van der Waals surface area contributed by atoms with E-state index in [1.165, 1.54) is 0 Å². The average Bonchev–Trinajstić information content (AvgIpc) is 2.45. The molecule has 0 amide bonds. The van der Waals surface area contributed by atoms with Gasteiger partial charge in [-0.05, 0) is 37.6 Å². The molecule has 4 nitrogen and oxygen atoms in total. The third-order valence-electron chi connectivity index (χ3n) is 3.33. The summed E-state index contributed by atoms with van der Waals surface area (Å²) < 4.78 is 5.20. The fourth-order valence-corrected chi connectivity index (χ4v) is 2.26. The number of esters is 1. The molecule has 0 heterocycles. The Labute approximate surface area is 121 Å². The van der Waals surface area contributed by atoms with E-state index in [0.29, 0.717) is 6.61 Å². The van der Waals surface area contributed by atoms with E-state index in [9.17, 15) is 4.79 Å². The Bertz CT molecular complexity index is 403. The van der Waals surface area contributed by atoms with Crippen molar-refractivity contribution in [2.24, 2.45) is 0 Å². The van der Waals surface area contributed by atoms with Crippen LogP contribution in [0.4, 0.5) is 5.69 Å². The van der Waals surface area contributed by atoms with Crippen molar-refractivity contribution in [1.29, 1.82) is 0 Å². The van der Waals surface area contributed by atoms with Gasteiger partial charge in [0.1, 0.15) is 6.04 Å². The zero-order chi connectivity index (χ0) is 15.0. The van der Waals surface area contributed by atoms with Crippen molar-refractivity contribution in [3.05, 3.63) is 29.8 Å². The molecule has 1 aromatic carbocycles. The van der Waals surface area contributed by atoms with Gasteiger partial charge in [0.05, 0.1) is 6.61 Å². The number of rotatable bonds is 8. The second kappa shape index (κ2) is 8.59. The van der Waals surface area contributed by atoms with Crippen LogP contribution in [0, 0.1) is 0 Å². The molecule has 0 spiro atoms. The molecule has 0 aliphatic carbocycles. The first-order chi connectivity index (χ1) is 9.62. The molecule has 20 heavy (non-hydrogen) atoms.